The Labute approximate surface area is 86.5 Å². The van der Waals surface area contributed by atoms with Gasteiger partial charge in [-0.15, -0.1) is 0 Å². The molecule has 14 heavy (non-hydrogen) atoms. The summed E-state index contributed by atoms with van der Waals surface area (Å²) >= 11 is 0. The molecule has 0 rings (SSSR count). The molecule has 86 valence electrons. The molecule has 0 aliphatic rings. The minimum absolute atomic E-state index is 0.145. The van der Waals surface area contributed by atoms with Crippen LogP contribution in [0.1, 0.15) is 13.8 Å². The van der Waals surface area contributed by atoms with E-state index in [9.17, 15) is 0 Å². The third-order valence-corrected chi connectivity index (χ3v) is 1.66. The van der Waals surface area contributed by atoms with Gasteiger partial charge in [0.1, 0.15) is 0 Å². The van der Waals surface area contributed by atoms with Crippen LogP contribution >= 0.6 is 0 Å². The zero-order chi connectivity index (χ0) is 10.8. The summed E-state index contributed by atoms with van der Waals surface area (Å²) in [6.45, 7) is 7.61. The second kappa shape index (κ2) is 9.36. The van der Waals surface area contributed by atoms with Gasteiger partial charge < -0.3 is 14.8 Å². The summed E-state index contributed by atoms with van der Waals surface area (Å²) in [6, 6.07) is 0. The van der Waals surface area contributed by atoms with Crippen molar-refractivity contribution < 1.29 is 9.47 Å². The molecule has 0 spiro atoms. The monoisotopic (exact) mass is 205 g/mol. The molecule has 5 heteroatoms. The molecule has 0 aliphatic heterocycles. The lowest BCUT2D eigenvalue weighted by molar-refractivity contribution is -0.132. The van der Waals surface area contributed by atoms with Gasteiger partial charge >= 0.3 is 0 Å². The highest BCUT2D eigenvalue weighted by Gasteiger charge is 2.06. The van der Waals surface area contributed by atoms with Crippen LogP contribution in [0, 0.1) is 0 Å². The van der Waals surface area contributed by atoms with Crippen molar-refractivity contribution in [3.63, 3.8) is 0 Å². The fourth-order valence-corrected chi connectivity index (χ4v) is 1.01. The predicted octanol–water partition coefficient (Wildman–Crippen LogP) is -0.219. The van der Waals surface area contributed by atoms with Crippen LogP contribution < -0.4 is 11.2 Å². The molecule has 0 aromatic carbocycles. The lowest BCUT2D eigenvalue weighted by Gasteiger charge is -2.18. The number of nitrogens with zero attached hydrogens (tertiary/aromatic N) is 1. The summed E-state index contributed by atoms with van der Waals surface area (Å²) in [5, 5.41) is 4.86. The van der Waals surface area contributed by atoms with Gasteiger partial charge in [-0.1, -0.05) is 0 Å². The molecular weight excluding hydrogens is 182 g/mol. The molecule has 0 aromatic heterocycles. The van der Waals surface area contributed by atoms with E-state index in [4.69, 9.17) is 15.3 Å². The molecular formula is C9H23N3O2. The van der Waals surface area contributed by atoms with Gasteiger partial charge in [0.05, 0.1) is 0 Å². The Morgan fingerprint density at radius 1 is 1.29 bits per heavy atom. The molecule has 0 aromatic rings. The molecule has 0 saturated carbocycles. The zero-order valence-electron chi connectivity index (χ0n) is 9.45. The van der Waals surface area contributed by atoms with Crippen molar-refractivity contribution >= 4 is 0 Å². The molecule has 0 aliphatic carbocycles. The number of ether oxygens (including phenoxy) is 2. The van der Waals surface area contributed by atoms with Crippen LogP contribution in [0.15, 0.2) is 0 Å². The summed E-state index contributed by atoms with van der Waals surface area (Å²) in [5.41, 5.74) is 0. The highest BCUT2D eigenvalue weighted by molar-refractivity contribution is 4.53. The SMILES string of the molecule is CCOC(CNCCN(C)N)OCC. The Balaban J connectivity index is 3.40. The summed E-state index contributed by atoms with van der Waals surface area (Å²) in [4.78, 5) is 0. The normalized spacial score (nSPS) is 11.6. The lowest BCUT2D eigenvalue weighted by Crippen LogP contribution is -2.38. The number of nitrogens with one attached hydrogen (secondary N) is 1. The van der Waals surface area contributed by atoms with Gasteiger partial charge in [-0.2, -0.15) is 0 Å². The standard InChI is InChI=1S/C9H23N3O2/c1-4-13-9(14-5-2)8-11-6-7-12(3)10/h9,11H,4-8,10H2,1-3H3. The molecule has 0 heterocycles. The highest BCUT2D eigenvalue weighted by atomic mass is 16.7. The number of hydrazine groups is 1. The fraction of sp³-hybridized carbons (Fsp3) is 1.00. The van der Waals surface area contributed by atoms with Crippen molar-refractivity contribution in [1.82, 2.24) is 10.3 Å². The summed E-state index contributed by atoms with van der Waals surface area (Å²) in [7, 11) is 1.84. The number of likely N-dealkylation sites (N-methyl/N-ethyl adjacent to an activating group) is 1. The minimum Gasteiger partial charge on any atom is -0.352 e. The van der Waals surface area contributed by atoms with Gasteiger partial charge in [-0.3, -0.25) is 5.84 Å². The first-order valence-electron chi connectivity index (χ1n) is 5.10. The van der Waals surface area contributed by atoms with Gasteiger partial charge in [0.2, 0.25) is 0 Å². The number of hydrogen-bond donors (Lipinski definition) is 2. The van der Waals surface area contributed by atoms with E-state index in [0.29, 0.717) is 19.8 Å². The van der Waals surface area contributed by atoms with E-state index in [1.807, 2.05) is 20.9 Å². The van der Waals surface area contributed by atoms with Crippen molar-refractivity contribution in [1.29, 1.82) is 0 Å². The van der Waals surface area contributed by atoms with Crippen molar-refractivity contribution in [2.24, 2.45) is 5.84 Å². The van der Waals surface area contributed by atoms with Crippen molar-refractivity contribution in [3.8, 4) is 0 Å². The van der Waals surface area contributed by atoms with Crippen LogP contribution in [0.2, 0.25) is 0 Å². The van der Waals surface area contributed by atoms with Crippen LogP contribution in [0.25, 0.3) is 0 Å². The molecule has 0 bridgehead atoms. The first-order chi connectivity index (χ1) is 6.70. The van der Waals surface area contributed by atoms with Gasteiger partial charge in [-0.25, -0.2) is 5.01 Å². The van der Waals surface area contributed by atoms with Crippen LogP contribution in [0.3, 0.4) is 0 Å². The third-order valence-electron chi connectivity index (χ3n) is 1.66. The summed E-state index contributed by atoms with van der Waals surface area (Å²) < 4.78 is 10.7. The fourth-order valence-electron chi connectivity index (χ4n) is 1.01. The maximum Gasteiger partial charge on any atom is 0.169 e. The number of rotatable bonds is 9. The third kappa shape index (κ3) is 8.40. The van der Waals surface area contributed by atoms with E-state index >= 15 is 0 Å². The van der Waals surface area contributed by atoms with Crippen LogP contribution in [-0.2, 0) is 9.47 Å². The van der Waals surface area contributed by atoms with E-state index in [0.717, 1.165) is 13.1 Å². The van der Waals surface area contributed by atoms with E-state index in [1.165, 1.54) is 0 Å². The second-order valence-corrected chi connectivity index (χ2v) is 3.02. The van der Waals surface area contributed by atoms with E-state index in [2.05, 4.69) is 5.32 Å². The van der Waals surface area contributed by atoms with Gasteiger partial charge in [-0.05, 0) is 13.8 Å². The number of nitrogens with two attached hydrogens (primary N) is 1. The molecule has 0 fully saturated rings. The van der Waals surface area contributed by atoms with Gasteiger partial charge in [0.25, 0.3) is 0 Å². The van der Waals surface area contributed by atoms with Gasteiger partial charge in [0.15, 0.2) is 6.29 Å². The number of hydrogen-bond acceptors (Lipinski definition) is 5. The lowest BCUT2D eigenvalue weighted by atomic mass is 10.5. The average Bonchev–Trinajstić information content (AvgIpc) is 2.12. The molecule has 0 saturated heterocycles. The summed E-state index contributed by atoms with van der Waals surface area (Å²) in [5.74, 6) is 5.46. The zero-order valence-corrected chi connectivity index (χ0v) is 9.45. The molecule has 0 atom stereocenters. The van der Waals surface area contributed by atoms with Gasteiger partial charge in [0, 0.05) is 39.9 Å². The second-order valence-electron chi connectivity index (χ2n) is 3.02. The largest absolute Gasteiger partial charge is 0.352 e. The first kappa shape index (κ1) is 13.8. The molecule has 3 N–H and O–H groups in total. The Morgan fingerprint density at radius 3 is 2.29 bits per heavy atom. The van der Waals surface area contributed by atoms with Crippen LogP contribution in [0.5, 0.6) is 0 Å². The van der Waals surface area contributed by atoms with E-state index in [-0.39, 0.29) is 6.29 Å². The smallest absolute Gasteiger partial charge is 0.169 e. The molecule has 0 amide bonds. The Bertz CT molecular complexity index is 117. The van der Waals surface area contributed by atoms with E-state index < -0.39 is 0 Å². The quantitative estimate of drug-likeness (QED) is 0.236. The molecule has 0 unspecified atom stereocenters. The van der Waals surface area contributed by atoms with Crippen LogP contribution in [0.4, 0.5) is 0 Å². The minimum atomic E-state index is -0.145. The summed E-state index contributed by atoms with van der Waals surface area (Å²) in [6.07, 6.45) is -0.145. The maximum absolute atomic E-state index is 5.46. The molecule has 5 nitrogen and oxygen atoms in total. The average molecular weight is 205 g/mol. The highest BCUT2D eigenvalue weighted by Crippen LogP contribution is 1.92. The van der Waals surface area contributed by atoms with Crippen molar-refractivity contribution in [2.45, 2.75) is 20.1 Å². The Hall–Kier alpha value is -0.200. The predicted molar refractivity (Wildman–Crippen MR) is 56.7 cm³/mol. The Kier molecular flexibility index (Phi) is 9.23. The van der Waals surface area contributed by atoms with E-state index in [1.54, 1.807) is 5.01 Å². The Morgan fingerprint density at radius 2 is 1.86 bits per heavy atom. The van der Waals surface area contributed by atoms with Crippen molar-refractivity contribution in [2.75, 3.05) is 39.9 Å². The first-order valence-corrected chi connectivity index (χ1v) is 5.10. The van der Waals surface area contributed by atoms with Crippen molar-refractivity contribution in [3.05, 3.63) is 0 Å². The molecule has 0 radical (unpaired) electrons. The van der Waals surface area contributed by atoms with Crippen LogP contribution in [-0.4, -0.2) is 51.2 Å². The maximum atomic E-state index is 5.46. The topological polar surface area (TPSA) is 59.8 Å².